The highest BCUT2D eigenvalue weighted by molar-refractivity contribution is 7.99. The summed E-state index contributed by atoms with van der Waals surface area (Å²) in [4.78, 5) is 18.1. The molecule has 3 aromatic heterocycles. The maximum atomic E-state index is 13.6. The van der Waals surface area contributed by atoms with Crippen LogP contribution in [0.1, 0.15) is 10.4 Å². The van der Waals surface area contributed by atoms with Gasteiger partial charge in [-0.2, -0.15) is 0 Å². The predicted octanol–water partition coefficient (Wildman–Crippen LogP) is 3.36. The van der Waals surface area contributed by atoms with Crippen molar-refractivity contribution in [2.24, 2.45) is 0 Å². The van der Waals surface area contributed by atoms with Crippen LogP contribution in [-0.4, -0.2) is 43.4 Å². The van der Waals surface area contributed by atoms with E-state index in [1.165, 1.54) is 10.4 Å². The first kappa shape index (κ1) is 17.7. The van der Waals surface area contributed by atoms with E-state index in [0.29, 0.717) is 5.78 Å². The van der Waals surface area contributed by atoms with Gasteiger partial charge in [-0.05, 0) is 31.2 Å². The Kier molecular flexibility index (Phi) is 4.34. The molecule has 142 valence electrons. The van der Waals surface area contributed by atoms with E-state index in [9.17, 15) is 4.79 Å². The Hall–Kier alpha value is -2.42. The minimum Gasteiger partial charge on any atom is -0.301 e. The Bertz CT molecular complexity index is 1250. The average molecular weight is 410 g/mol. The zero-order valence-corrected chi connectivity index (χ0v) is 17.1. The summed E-state index contributed by atoms with van der Waals surface area (Å²) in [5.74, 6) is 1.29. The number of aromatic nitrogens is 4. The second-order valence-electron chi connectivity index (χ2n) is 6.87. The lowest BCUT2D eigenvalue weighted by molar-refractivity contribution is 0.318. The zero-order valence-electron chi connectivity index (χ0n) is 15.5. The molecule has 0 amide bonds. The third-order valence-corrected chi connectivity index (χ3v) is 7.14. The van der Waals surface area contributed by atoms with Gasteiger partial charge in [-0.3, -0.25) is 4.79 Å². The summed E-state index contributed by atoms with van der Waals surface area (Å²) in [6, 6.07) is 9.69. The molecule has 4 aromatic rings. The fourth-order valence-corrected chi connectivity index (χ4v) is 5.86. The van der Waals surface area contributed by atoms with Crippen LogP contribution in [0.25, 0.3) is 21.7 Å². The van der Waals surface area contributed by atoms with E-state index >= 15 is 0 Å². The fraction of sp³-hybridized carbons (Fsp3) is 0.250. The van der Waals surface area contributed by atoms with Crippen LogP contribution in [0.4, 0.5) is 0 Å². The van der Waals surface area contributed by atoms with Gasteiger partial charge in [0, 0.05) is 23.7 Å². The van der Waals surface area contributed by atoms with Gasteiger partial charge in [0.25, 0.3) is 5.56 Å². The van der Waals surface area contributed by atoms with Crippen LogP contribution in [-0.2, 0) is 13.0 Å². The predicted molar refractivity (Wildman–Crippen MR) is 115 cm³/mol. The molecule has 0 aliphatic carbocycles. The number of rotatable bonds is 4. The Morgan fingerprint density at radius 3 is 2.89 bits per heavy atom. The molecule has 8 heteroatoms. The van der Waals surface area contributed by atoms with E-state index in [4.69, 9.17) is 0 Å². The van der Waals surface area contributed by atoms with Gasteiger partial charge in [0.2, 0.25) is 5.78 Å². The first-order valence-corrected chi connectivity index (χ1v) is 10.9. The number of likely N-dealkylation sites (N-methyl/N-ethyl adjacent to an activating group) is 1. The van der Waals surface area contributed by atoms with Gasteiger partial charge >= 0.3 is 0 Å². The number of thiophene rings is 1. The molecule has 28 heavy (non-hydrogen) atoms. The second-order valence-corrected chi connectivity index (χ2v) is 8.94. The third-order valence-electron chi connectivity index (χ3n) is 5.01. The van der Waals surface area contributed by atoms with Crippen molar-refractivity contribution in [3.63, 3.8) is 0 Å². The minimum atomic E-state index is -0.0107. The van der Waals surface area contributed by atoms with Crippen molar-refractivity contribution in [2.75, 3.05) is 19.3 Å². The molecule has 0 saturated heterocycles. The first-order chi connectivity index (χ1) is 13.7. The molecular weight excluding hydrogens is 390 g/mol. The standard InChI is InChI=1S/C20H19N5OS2/c1-3-11-27-20-22-21-19-24(13-7-5-4-6-8-13)17(26)16-14-9-10-23(2)12-15(14)28-18(16)25(19)20/h3-8H,1,9-12H2,2H3. The van der Waals surface area contributed by atoms with Gasteiger partial charge in [-0.25, -0.2) is 8.97 Å². The zero-order chi connectivity index (χ0) is 19.3. The molecule has 0 radical (unpaired) electrons. The molecule has 0 N–H and O–H groups in total. The van der Waals surface area contributed by atoms with Gasteiger partial charge in [0.1, 0.15) is 4.83 Å². The summed E-state index contributed by atoms with van der Waals surface area (Å²) < 4.78 is 3.74. The van der Waals surface area contributed by atoms with Gasteiger partial charge in [0.15, 0.2) is 5.16 Å². The Balaban J connectivity index is 1.91. The number of nitrogens with zero attached hydrogens (tertiary/aromatic N) is 5. The second kappa shape index (κ2) is 6.88. The van der Waals surface area contributed by atoms with Crippen LogP contribution in [0.5, 0.6) is 0 Å². The van der Waals surface area contributed by atoms with Crippen LogP contribution in [0.3, 0.4) is 0 Å². The highest BCUT2D eigenvalue weighted by Crippen LogP contribution is 2.35. The number of thioether (sulfide) groups is 1. The summed E-state index contributed by atoms with van der Waals surface area (Å²) in [7, 11) is 2.12. The van der Waals surface area contributed by atoms with Crippen molar-refractivity contribution in [3.05, 3.63) is 63.8 Å². The normalized spacial score (nSPS) is 14.6. The lowest BCUT2D eigenvalue weighted by atomic mass is 10.1. The number of hydrogen-bond acceptors (Lipinski definition) is 6. The lowest BCUT2D eigenvalue weighted by Crippen LogP contribution is -2.27. The molecule has 0 saturated carbocycles. The maximum absolute atomic E-state index is 13.6. The highest BCUT2D eigenvalue weighted by Gasteiger charge is 2.26. The number of para-hydroxylation sites is 1. The molecule has 1 aromatic carbocycles. The van der Waals surface area contributed by atoms with Crippen LogP contribution in [0.15, 0.2) is 52.9 Å². The van der Waals surface area contributed by atoms with E-state index in [-0.39, 0.29) is 5.56 Å². The van der Waals surface area contributed by atoms with Gasteiger partial charge in [-0.15, -0.1) is 28.1 Å². The largest absolute Gasteiger partial charge is 0.301 e. The third kappa shape index (κ3) is 2.63. The van der Waals surface area contributed by atoms with Crippen LogP contribution >= 0.6 is 23.1 Å². The molecule has 5 rings (SSSR count). The SMILES string of the molecule is C=CCSc1nnc2n(-c3ccccc3)c(=O)c3c4c(sc3n12)CN(C)CC4. The topological polar surface area (TPSA) is 55.4 Å². The maximum Gasteiger partial charge on any atom is 0.268 e. The monoisotopic (exact) mass is 409 g/mol. The molecule has 0 atom stereocenters. The van der Waals surface area contributed by atoms with Crippen molar-refractivity contribution >= 4 is 39.1 Å². The Morgan fingerprint density at radius 1 is 1.29 bits per heavy atom. The van der Waals surface area contributed by atoms with Crippen molar-refractivity contribution in [2.45, 2.75) is 18.1 Å². The number of fused-ring (bicyclic) bond motifs is 5. The Labute approximate surface area is 170 Å². The molecular formula is C20H19N5OS2. The molecule has 0 unspecified atom stereocenters. The molecule has 1 aliphatic heterocycles. The number of hydrogen-bond donors (Lipinski definition) is 0. The van der Waals surface area contributed by atoms with E-state index < -0.39 is 0 Å². The lowest BCUT2D eigenvalue weighted by Gasteiger charge is -2.21. The van der Waals surface area contributed by atoms with Crippen LogP contribution < -0.4 is 5.56 Å². The molecule has 6 nitrogen and oxygen atoms in total. The number of benzene rings is 1. The van der Waals surface area contributed by atoms with E-state index in [1.54, 1.807) is 27.7 Å². The quantitative estimate of drug-likeness (QED) is 0.382. The van der Waals surface area contributed by atoms with Crippen molar-refractivity contribution in [3.8, 4) is 5.69 Å². The molecule has 4 heterocycles. The molecule has 1 aliphatic rings. The highest BCUT2D eigenvalue weighted by atomic mass is 32.2. The first-order valence-electron chi connectivity index (χ1n) is 9.11. The van der Waals surface area contributed by atoms with Crippen molar-refractivity contribution in [1.29, 1.82) is 0 Å². The van der Waals surface area contributed by atoms with Crippen molar-refractivity contribution < 1.29 is 0 Å². The van der Waals surface area contributed by atoms with Crippen molar-refractivity contribution in [1.82, 2.24) is 24.1 Å². The smallest absolute Gasteiger partial charge is 0.268 e. The van der Waals surface area contributed by atoms with E-state index in [2.05, 4.69) is 28.7 Å². The van der Waals surface area contributed by atoms with Crippen LogP contribution in [0, 0.1) is 0 Å². The summed E-state index contributed by atoms with van der Waals surface area (Å²) in [5, 5.41) is 10.4. The van der Waals surface area contributed by atoms with E-state index in [1.807, 2.05) is 40.8 Å². The molecule has 0 fully saturated rings. The summed E-state index contributed by atoms with van der Waals surface area (Å²) >= 11 is 3.27. The van der Waals surface area contributed by atoms with Gasteiger partial charge in [-0.1, -0.05) is 36.0 Å². The Morgan fingerprint density at radius 2 is 2.11 bits per heavy atom. The van der Waals surface area contributed by atoms with Gasteiger partial charge < -0.3 is 4.90 Å². The summed E-state index contributed by atoms with van der Waals surface area (Å²) in [5.41, 5.74) is 1.98. The van der Waals surface area contributed by atoms with E-state index in [0.717, 1.165) is 46.3 Å². The average Bonchev–Trinajstić information content (AvgIpc) is 3.28. The molecule has 0 bridgehead atoms. The fourth-order valence-electron chi connectivity index (χ4n) is 3.72. The van der Waals surface area contributed by atoms with Crippen LogP contribution in [0.2, 0.25) is 0 Å². The summed E-state index contributed by atoms with van der Waals surface area (Å²) in [6.07, 6.45) is 2.74. The summed E-state index contributed by atoms with van der Waals surface area (Å²) in [6.45, 7) is 5.64. The minimum absolute atomic E-state index is 0.0107. The van der Waals surface area contributed by atoms with Gasteiger partial charge in [0.05, 0.1) is 11.1 Å². The molecule has 0 spiro atoms.